The monoisotopic (exact) mass is 670 g/mol. The van der Waals surface area contributed by atoms with Gasteiger partial charge < -0.3 is 31.1 Å². The van der Waals surface area contributed by atoms with Crippen molar-refractivity contribution in [3.05, 3.63) is 162 Å². The van der Waals surface area contributed by atoms with E-state index in [9.17, 15) is 14.7 Å². The molecule has 2 atom stereocenters. The molecule has 2 amide bonds. The molecule has 0 aliphatic carbocycles. The summed E-state index contributed by atoms with van der Waals surface area (Å²) in [4.78, 5) is 29.3. The Morgan fingerprint density at radius 1 is 0.720 bits per heavy atom. The first-order valence-electron chi connectivity index (χ1n) is 17.1. The highest BCUT2D eigenvalue weighted by Crippen LogP contribution is 2.38. The Balaban J connectivity index is 1.35. The van der Waals surface area contributed by atoms with E-state index in [-0.39, 0.29) is 24.5 Å². The van der Waals surface area contributed by atoms with E-state index in [0.29, 0.717) is 31.5 Å². The number of ether oxygens (including phenoxy) is 1. The molecule has 0 unspecified atom stereocenters. The van der Waals surface area contributed by atoms with Crippen molar-refractivity contribution in [2.45, 2.75) is 50.4 Å². The molecule has 0 aromatic heterocycles. The van der Waals surface area contributed by atoms with Gasteiger partial charge in [0.1, 0.15) is 11.8 Å². The van der Waals surface area contributed by atoms with Gasteiger partial charge in [-0.15, -0.1) is 0 Å². The molecule has 0 aliphatic heterocycles. The second-order valence-electron chi connectivity index (χ2n) is 12.3. The van der Waals surface area contributed by atoms with Gasteiger partial charge in [-0.3, -0.25) is 9.59 Å². The molecular weight excluding hydrogens is 624 g/mol. The van der Waals surface area contributed by atoms with E-state index < -0.39 is 12.1 Å². The summed E-state index contributed by atoms with van der Waals surface area (Å²) in [6.07, 6.45) is 2.15. The molecule has 0 radical (unpaired) electrons. The number of nitrogens with one attached hydrogen (secondary N) is 2. The molecule has 5 N–H and O–H groups in total. The number of benzene rings is 5. The van der Waals surface area contributed by atoms with E-state index in [4.69, 9.17) is 10.5 Å². The Morgan fingerprint density at radius 2 is 1.30 bits per heavy atom. The first-order valence-corrected chi connectivity index (χ1v) is 17.1. The number of methoxy groups -OCH3 is 1. The first kappa shape index (κ1) is 35.9. The van der Waals surface area contributed by atoms with Crippen LogP contribution in [0.4, 0.5) is 11.4 Å². The number of nitrogens with zero attached hydrogens (tertiary/aromatic N) is 1. The van der Waals surface area contributed by atoms with Crippen LogP contribution in [0.25, 0.3) is 0 Å². The van der Waals surface area contributed by atoms with Crippen molar-refractivity contribution in [2.24, 2.45) is 5.73 Å². The third kappa shape index (κ3) is 9.81. The summed E-state index contributed by atoms with van der Waals surface area (Å²) >= 11 is 0. The fourth-order valence-electron chi connectivity index (χ4n) is 6.14. The van der Waals surface area contributed by atoms with Gasteiger partial charge in [-0.2, -0.15) is 0 Å². The lowest BCUT2D eigenvalue weighted by Gasteiger charge is -2.35. The number of unbranched alkanes of at least 4 members (excludes halogenated alkanes) is 1. The van der Waals surface area contributed by atoms with Gasteiger partial charge in [-0.05, 0) is 72.2 Å². The van der Waals surface area contributed by atoms with E-state index >= 15 is 0 Å². The molecule has 0 spiro atoms. The van der Waals surface area contributed by atoms with Crippen molar-refractivity contribution in [1.82, 2.24) is 5.32 Å². The second kappa shape index (κ2) is 18.4. The van der Waals surface area contributed by atoms with Gasteiger partial charge in [0.05, 0.1) is 31.5 Å². The fraction of sp³-hybridized carbons (Fsp3) is 0.238. The molecule has 0 saturated carbocycles. The zero-order chi connectivity index (χ0) is 35.1. The molecule has 50 heavy (non-hydrogen) atoms. The largest absolute Gasteiger partial charge is 0.495 e. The third-order valence-electron chi connectivity index (χ3n) is 8.75. The third-order valence-corrected chi connectivity index (χ3v) is 8.75. The molecule has 8 heteroatoms. The van der Waals surface area contributed by atoms with E-state index in [1.807, 2.05) is 60.7 Å². The van der Waals surface area contributed by atoms with E-state index in [0.717, 1.165) is 40.1 Å². The van der Waals surface area contributed by atoms with E-state index in [2.05, 4.69) is 70.1 Å². The van der Waals surface area contributed by atoms with Gasteiger partial charge >= 0.3 is 0 Å². The van der Waals surface area contributed by atoms with Crippen LogP contribution in [0.5, 0.6) is 5.75 Å². The Labute approximate surface area is 294 Å². The van der Waals surface area contributed by atoms with Crippen molar-refractivity contribution >= 4 is 23.2 Å². The molecule has 5 aromatic carbocycles. The number of aliphatic hydroxyl groups excluding tert-OH is 1. The zero-order valence-corrected chi connectivity index (χ0v) is 28.5. The number of aliphatic hydroxyl groups is 1. The second-order valence-corrected chi connectivity index (χ2v) is 12.3. The normalized spacial score (nSPS) is 12.2. The van der Waals surface area contributed by atoms with Crippen LogP contribution < -0.4 is 26.0 Å². The SMILES string of the molecule is COc1ccccc1N(CCCC[C@@H](NC(=O)[C@H](N)Cc1ccccc1)C(=O)Nc1ccc(CO)cc1)C(c1ccccc1)c1ccccc1. The average molecular weight is 671 g/mol. The summed E-state index contributed by atoms with van der Waals surface area (Å²) in [5.41, 5.74) is 11.9. The van der Waals surface area contributed by atoms with Crippen LogP contribution in [0.1, 0.15) is 47.6 Å². The summed E-state index contributed by atoms with van der Waals surface area (Å²) in [7, 11) is 1.68. The van der Waals surface area contributed by atoms with E-state index in [1.165, 1.54) is 0 Å². The minimum absolute atomic E-state index is 0.0898. The quantitative estimate of drug-likeness (QED) is 0.0824. The minimum Gasteiger partial charge on any atom is -0.495 e. The predicted octanol–water partition coefficient (Wildman–Crippen LogP) is 6.65. The number of hydrogen-bond acceptors (Lipinski definition) is 6. The summed E-state index contributed by atoms with van der Waals surface area (Å²) in [5.74, 6) is 0.0667. The standard InChI is InChI=1S/C42H46N4O4/c1-50-39-23-12-11-22-38(39)46(40(33-17-7-3-8-18-33)34-19-9-4-10-20-34)28-14-13-21-37(42(49)44-35-26-24-32(30-47)25-27-35)45-41(48)36(43)29-31-15-5-2-6-16-31/h2-12,15-20,22-27,36-37,40,47H,13-14,21,28-30,43H2,1H3,(H,44,49)(H,45,48)/t36-,37-/m1/s1. The van der Waals surface area contributed by atoms with Crippen molar-refractivity contribution in [3.8, 4) is 5.75 Å². The topological polar surface area (TPSA) is 117 Å². The number of anilines is 2. The van der Waals surface area contributed by atoms with E-state index in [1.54, 1.807) is 31.4 Å². The number of para-hydroxylation sites is 2. The maximum atomic E-state index is 13.7. The minimum atomic E-state index is -0.810. The molecule has 0 bridgehead atoms. The molecule has 0 saturated heterocycles. The molecule has 0 fully saturated rings. The van der Waals surface area contributed by atoms with Gasteiger partial charge in [-0.1, -0.05) is 115 Å². The summed E-state index contributed by atoms with van der Waals surface area (Å²) < 4.78 is 5.84. The molecule has 8 nitrogen and oxygen atoms in total. The zero-order valence-electron chi connectivity index (χ0n) is 28.5. The molecule has 0 heterocycles. The first-order chi connectivity index (χ1) is 24.5. The number of amides is 2. The van der Waals surface area contributed by atoms with Crippen molar-refractivity contribution in [2.75, 3.05) is 23.9 Å². The average Bonchev–Trinajstić information content (AvgIpc) is 3.16. The van der Waals surface area contributed by atoms with Crippen LogP contribution in [0.15, 0.2) is 140 Å². The Morgan fingerprint density at radius 3 is 1.90 bits per heavy atom. The van der Waals surface area contributed by atoms with Crippen LogP contribution in [0.2, 0.25) is 0 Å². The maximum absolute atomic E-state index is 13.7. The summed E-state index contributed by atoms with van der Waals surface area (Å²) in [6, 6.07) is 43.7. The summed E-state index contributed by atoms with van der Waals surface area (Å²) in [5, 5.41) is 15.3. The molecule has 258 valence electrons. The van der Waals surface area contributed by atoms with Crippen LogP contribution >= 0.6 is 0 Å². The predicted molar refractivity (Wildman–Crippen MR) is 200 cm³/mol. The highest BCUT2D eigenvalue weighted by molar-refractivity contribution is 5.97. The highest BCUT2D eigenvalue weighted by atomic mass is 16.5. The smallest absolute Gasteiger partial charge is 0.246 e. The van der Waals surface area contributed by atoms with Gasteiger partial charge in [-0.25, -0.2) is 0 Å². The van der Waals surface area contributed by atoms with Crippen LogP contribution in [0, 0.1) is 0 Å². The van der Waals surface area contributed by atoms with Crippen molar-refractivity contribution in [3.63, 3.8) is 0 Å². The Kier molecular flexibility index (Phi) is 13.2. The molecule has 5 aromatic rings. The Bertz CT molecular complexity index is 1730. The highest BCUT2D eigenvalue weighted by Gasteiger charge is 2.27. The molecule has 0 aliphatic rings. The lowest BCUT2D eigenvalue weighted by molar-refractivity contribution is -0.127. The number of carbonyl (C=O) groups excluding carboxylic acids is 2. The van der Waals surface area contributed by atoms with Crippen LogP contribution in [-0.2, 0) is 22.6 Å². The maximum Gasteiger partial charge on any atom is 0.246 e. The van der Waals surface area contributed by atoms with Crippen molar-refractivity contribution < 1.29 is 19.4 Å². The number of hydrogen-bond donors (Lipinski definition) is 4. The van der Waals surface area contributed by atoms with Crippen LogP contribution in [0.3, 0.4) is 0 Å². The van der Waals surface area contributed by atoms with Gasteiger partial charge in [0.25, 0.3) is 0 Å². The lowest BCUT2D eigenvalue weighted by Crippen LogP contribution is -2.50. The Hall–Kier alpha value is -5.44. The van der Waals surface area contributed by atoms with Gasteiger partial charge in [0.15, 0.2) is 0 Å². The van der Waals surface area contributed by atoms with Crippen LogP contribution in [-0.4, -0.2) is 42.7 Å². The lowest BCUT2D eigenvalue weighted by atomic mass is 9.95. The fourth-order valence-corrected chi connectivity index (χ4v) is 6.14. The number of nitrogens with two attached hydrogens (primary N) is 1. The molecule has 5 rings (SSSR count). The number of carbonyl (C=O) groups is 2. The molecular formula is C42H46N4O4. The van der Waals surface area contributed by atoms with Gasteiger partial charge in [0, 0.05) is 12.2 Å². The van der Waals surface area contributed by atoms with Gasteiger partial charge in [0.2, 0.25) is 11.8 Å². The summed E-state index contributed by atoms with van der Waals surface area (Å²) in [6.45, 7) is 0.570. The van der Waals surface area contributed by atoms with Crippen molar-refractivity contribution in [1.29, 1.82) is 0 Å². The number of rotatable bonds is 17.